The minimum absolute atomic E-state index is 0.0281. The van der Waals surface area contributed by atoms with Crippen molar-refractivity contribution in [2.75, 3.05) is 12.3 Å². The predicted molar refractivity (Wildman–Crippen MR) is 102 cm³/mol. The summed E-state index contributed by atoms with van der Waals surface area (Å²) in [4.78, 5) is 23.2. The van der Waals surface area contributed by atoms with E-state index in [4.69, 9.17) is 0 Å². The van der Waals surface area contributed by atoms with Gasteiger partial charge in [0.05, 0.1) is 5.75 Å². The van der Waals surface area contributed by atoms with Crippen molar-refractivity contribution in [1.29, 1.82) is 0 Å². The first kappa shape index (κ1) is 19.7. The number of benzene rings is 1. The number of ketones is 1. The quantitative estimate of drug-likeness (QED) is 0.380. The van der Waals surface area contributed by atoms with Crippen molar-refractivity contribution in [3.8, 4) is 0 Å². The number of amides is 1. The Labute approximate surface area is 159 Å². The van der Waals surface area contributed by atoms with Crippen molar-refractivity contribution in [3.63, 3.8) is 0 Å². The maximum absolute atomic E-state index is 12.3. The molecule has 0 aliphatic carbocycles. The summed E-state index contributed by atoms with van der Waals surface area (Å²) < 4.78 is 2.97. The Kier molecular flexibility index (Phi) is 7.64. The van der Waals surface area contributed by atoms with E-state index in [0.717, 1.165) is 34.8 Å². The van der Waals surface area contributed by atoms with Crippen LogP contribution in [-0.2, 0) is 17.8 Å². The highest BCUT2D eigenvalue weighted by Crippen LogP contribution is 2.20. The summed E-state index contributed by atoms with van der Waals surface area (Å²) in [6.45, 7) is 4.90. The third kappa shape index (κ3) is 5.97. The monoisotopic (exact) mass is 424 g/mol. The van der Waals surface area contributed by atoms with Crippen LogP contribution >= 0.6 is 27.7 Å². The summed E-state index contributed by atoms with van der Waals surface area (Å²) >= 11 is 4.77. The number of Topliss-reactive ketones (excluding diaryl/α,β-unsaturated/α-hetero) is 1. The van der Waals surface area contributed by atoms with E-state index in [2.05, 4.69) is 31.4 Å². The van der Waals surface area contributed by atoms with Crippen LogP contribution in [0.15, 0.2) is 33.9 Å². The van der Waals surface area contributed by atoms with Crippen molar-refractivity contribution < 1.29 is 9.59 Å². The van der Waals surface area contributed by atoms with Gasteiger partial charge in [-0.05, 0) is 25.5 Å². The van der Waals surface area contributed by atoms with Gasteiger partial charge in [-0.15, -0.1) is 10.2 Å². The number of halogens is 1. The lowest BCUT2D eigenvalue weighted by Gasteiger charge is -2.07. The molecule has 0 aliphatic rings. The van der Waals surface area contributed by atoms with E-state index in [1.54, 1.807) is 0 Å². The number of rotatable bonds is 9. The fourth-order valence-electron chi connectivity index (χ4n) is 2.29. The SMILES string of the molecule is CCn1c(CCCNC(C)=O)nnc1SCC(=O)c1ccc(Br)cc1. The summed E-state index contributed by atoms with van der Waals surface area (Å²) in [6, 6.07) is 7.34. The molecule has 8 heteroatoms. The number of nitrogens with zero attached hydrogens (tertiary/aromatic N) is 3. The van der Waals surface area contributed by atoms with Gasteiger partial charge < -0.3 is 9.88 Å². The molecular weight excluding hydrogens is 404 g/mol. The van der Waals surface area contributed by atoms with Gasteiger partial charge in [0.15, 0.2) is 10.9 Å². The molecule has 0 bridgehead atoms. The fraction of sp³-hybridized carbons (Fsp3) is 0.412. The van der Waals surface area contributed by atoms with Crippen LogP contribution in [0.4, 0.5) is 0 Å². The van der Waals surface area contributed by atoms with Crippen LogP contribution in [0, 0.1) is 0 Å². The number of aryl methyl sites for hydroxylation is 1. The zero-order chi connectivity index (χ0) is 18.2. The summed E-state index contributed by atoms with van der Waals surface area (Å²) in [7, 11) is 0. The predicted octanol–water partition coefficient (Wildman–Crippen LogP) is 3.10. The number of hydrogen-bond donors (Lipinski definition) is 1. The van der Waals surface area contributed by atoms with E-state index < -0.39 is 0 Å². The van der Waals surface area contributed by atoms with Crippen LogP contribution < -0.4 is 5.32 Å². The van der Waals surface area contributed by atoms with Gasteiger partial charge in [0.25, 0.3) is 0 Å². The maximum atomic E-state index is 12.3. The first-order valence-electron chi connectivity index (χ1n) is 8.09. The number of nitrogens with one attached hydrogen (secondary N) is 1. The minimum Gasteiger partial charge on any atom is -0.356 e. The number of carbonyl (C=O) groups is 2. The molecule has 0 unspecified atom stereocenters. The van der Waals surface area contributed by atoms with Gasteiger partial charge in [-0.25, -0.2) is 0 Å². The number of aromatic nitrogens is 3. The average Bonchev–Trinajstić information content (AvgIpc) is 2.99. The van der Waals surface area contributed by atoms with Crippen LogP contribution in [0.25, 0.3) is 0 Å². The smallest absolute Gasteiger partial charge is 0.216 e. The van der Waals surface area contributed by atoms with Crippen LogP contribution in [0.3, 0.4) is 0 Å². The molecular formula is C17H21BrN4O2S. The highest BCUT2D eigenvalue weighted by Gasteiger charge is 2.14. The van der Waals surface area contributed by atoms with Crippen molar-refractivity contribution in [2.45, 2.75) is 38.4 Å². The van der Waals surface area contributed by atoms with E-state index in [1.807, 2.05) is 35.8 Å². The Morgan fingerprint density at radius 1 is 1.24 bits per heavy atom. The third-order valence-electron chi connectivity index (χ3n) is 3.56. The van der Waals surface area contributed by atoms with Gasteiger partial charge >= 0.3 is 0 Å². The molecule has 0 atom stereocenters. The molecule has 0 aliphatic heterocycles. The minimum atomic E-state index is -0.0281. The Morgan fingerprint density at radius 2 is 1.96 bits per heavy atom. The third-order valence-corrected chi connectivity index (χ3v) is 5.05. The van der Waals surface area contributed by atoms with E-state index >= 15 is 0 Å². The molecule has 25 heavy (non-hydrogen) atoms. The Bertz CT molecular complexity index is 731. The molecule has 0 fully saturated rings. The maximum Gasteiger partial charge on any atom is 0.216 e. The van der Waals surface area contributed by atoms with Crippen LogP contribution in [-0.4, -0.2) is 38.8 Å². The van der Waals surface area contributed by atoms with E-state index in [0.29, 0.717) is 17.9 Å². The van der Waals surface area contributed by atoms with Gasteiger partial charge in [-0.2, -0.15) is 0 Å². The van der Waals surface area contributed by atoms with Crippen LogP contribution in [0.2, 0.25) is 0 Å². The van der Waals surface area contributed by atoms with Gasteiger partial charge in [0.2, 0.25) is 5.91 Å². The van der Waals surface area contributed by atoms with Crippen LogP contribution in [0.5, 0.6) is 0 Å². The molecule has 0 saturated carbocycles. The number of carbonyl (C=O) groups excluding carboxylic acids is 2. The molecule has 6 nitrogen and oxygen atoms in total. The van der Waals surface area contributed by atoms with Crippen LogP contribution in [0.1, 0.15) is 36.5 Å². The summed E-state index contributed by atoms with van der Waals surface area (Å²) in [5, 5.41) is 12.0. The number of thioether (sulfide) groups is 1. The van der Waals surface area contributed by atoms with Crippen molar-refractivity contribution in [3.05, 3.63) is 40.1 Å². The average molecular weight is 425 g/mol. The first-order chi connectivity index (χ1) is 12.0. The topological polar surface area (TPSA) is 76.9 Å². The summed E-state index contributed by atoms with van der Waals surface area (Å²) in [5.41, 5.74) is 0.689. The first-order valence-corrected chi connectivity index (χ1v) is 9.87. The van der Waals surface area contributed by atoms with E-state index in [-0.39, 0.29) is 11.7 Å². The van der Waals surface area contributed by atoms with Gasteiger partial charge in [0, 0.05) is 36.5 Å². The lowest BCUT2D eigenvalue weighted by atomic mass is 10.2. The lowest BCUT2D eigenvalue weighted by Crippen LogP contribution is -2.21. The standard InChI is InChI=1S/C17H21BrN4O2S/c1-3-22-16(5-4-10-19-12(2)23)20-21-17(22)25-11-15(24)13-6-8-14(18)9-7-13/h6-9H,3-5,10-11H2,1-2H3,(H,19,23). The molecule has 0 radical (unpaired) electrons. The Morgan fingerprint density at radius 3 is 2.60 bits per heavy atom. The molecule has 1 aromatic carbocycles. The highest BCUT2D eigenvalue weighted by atomic mass is 79.9. The Balaban J connectivity index is 1.92. The summed E-state index contributed by atoms with van der Waals surface area (Å²) in [5.74, 6) is 1.24. The lowest BCUT2D eigenvalue weighted by molar-refractivity contribution is -0.118. The second-order valence-corrected chi connectivity index (χ2v) is 7.31. The van der Waals surface area contributed by atoms with E-state index in [9.17, 15) is 9.59 Å². The summed E-state index contributed by atoms with van der Waals surface area (Å²) in [6.07, 6.45) is 1.54. The normalized spacial score (nSPS) is 10.7. The van der Waals surface area contributed by atoms with Crippen molar-refractivity contribution in [2.24, 2.45) is 0 Å². The highest BCUT2D eigenvalue weighted by molar-refractivity contribution is 9.10. The molecule has 0 saturated heterocycles. The molecule has 1 amide bonds. The van der Waals surface area contributed by atoms with E-state index in [1.165, 1.54) is 18.7 Å². The molecule has 134 valence electrons. The zero-order valence-corrected chi connectivity index (χ0v) is 16.7. The van der Waals surface area contributed by atoms with Gasteiger partial charge in [-0.3, -0.25) is 9.59 Å². The molecule has 0 spiro atoms. The molecule has 1 aromatic heterocycles. The van der Waals surface area contributed by atoms with Crippen molar-refractivity contribution >= 4 is 39.4 Å². The van der Waals surface area contributed by atoms with Crippen molar-refractivity contribution in [1.82, 2.24) is 20.1 Å². The molecule has 1 heterocycles. The molecule has 2 rings (SSSR count). The fourth-order valence-corrected chi connectivity index (χ4v) is 3.47. The second kappa shape index (κ2) is 9.72. The Hall–Kier alpha value is -1.67. The molecule has 1 N–H and O–H groups in total. The zero-order valence-electron chi connectivity index (χ0n) is 14.3. The van der Waals surface area contributed by atoms with Gasteiger partial charge in [0.1, 0.15) is 5.82 Å². The largest absolute Gasteiger partial charge is 0.356 e. The second-order valence-electron chi connectivity index (χ2n) is 5.45. The molecule has 2 aromatic rings. The number of hydrogen-bond acceptors (Lipinski definition) is 5. The van der Waals surface area contributed by atoms with Gasteiger partial charge in [-0.1, -0.05) is 39.8 Å².